The highest BCUT2D eigenvalue weighted by atomic mass is 19.3. The second-order valence-electron chi connectivity index (χ2n) is 4.87. The molecule has 1 aromatic carbocycles. The highest BCUT2D eigenvalue weighted by molar-refractivity contribution is 5.84. The first kappa shape index (κ1) is 17.3. The monoisotopic (exact) mass is 340 g/mol. The van der Waals surface area contributed by atoms with Crippen molar-refractivity contribution in [1.82, 2.24) is 20.3 Å². The smallest absolute Gasteiger partial charge is 0.387 e. The lowest BCUT2D eigenvalue weighted by Crippen LogP contribution is -2.27. The lowest BCUT2D eigenvalue weighted by atomic mass is 10.1. The first-order valence-corrected chi connectivity index (χ1v) is 6.79. The Balaban J connectivity index is 1.98. The van der Waals surface area contributed by atoms with Crippen LogP contribution >= 0.6 is 0 Å². The molecule has 24 heavy (non-hydrogen) atoms. The summed E-state index contributed by atoms with van der Waals surface area (Å²) in [5.41, 5.74) is 0.936. The van der Waals surface area contributed by atoms with Gasteiger partial charge in [-0.05, 0) is 13.0 Å². The molecule has 0 saturated heterocycles. The molecule has 0 bridgehead atoms. The van der Waals surface area contributed by atoms with Crippen LogP contribution in [-0.4, -0.2) is 38.6 Å². The molecule has 0 spiro atoms. The third-order valence-corrected chi connectivity index (χ3v) is 2.97. The van der Waals surface area contributed by atoms with Crippen molar-refractivity contribution in [3.05, 3.63) is 41.2 Å². The number of carbonyl (C=O) groups excluding carboxylic acids is 1. The number of carboxylic acid groups (broad SMARTS) is 1. The molecule has 2 N–H and O–H groups in total. The Bertz CT molecular complexity index is 748. The number of amides is 1. The number of aryl methyl sites for hydroxylation is 1. The molecule has 2 aromatic rings. The van der Waals surface area contributed by atoms with Gasteiger partial charge >= 0.3 is 12.6 Å². The molecular formula is C14H14F2N4O4. The van der Waals surface area contributed by atoms with Gasteiger partial charge in [0.25, 0.3) is 0 Å². The van der Waals surface area contributed by atoms with Crippen molar-refractivity contribution in [2.75, 3.05) is 0 Å². The van der Waals surface area contributed by atoms with Crippen LogP contribution in [0.2, 0.25) is 0 Å². The summed E-state index contributed by atoms with van der Waals surface area (Å²) in [7, 11) is 0. The number of alkyl halides is 2. The van der Waals surface area contributed by atoms with E-state index in [2.05, 4.69) is 20.4 Å². The zero-order chi connectivity index (χ0) is 17.7. The number of hydrogen-bond donors (Lipinski definition) is 2. The SMILES string of the molecule is Cc1ccc(OC(F)F)c(CNC(=O)Cn2cc(C(=O)O)nn2)c1. The Labute approximate surface area is 135 Å². The third-order valence-electron chi connectivity index (χ3n) is 2.97. The first-order chi connectivity index (χ1) is 11.3. The number of aromatic nitrogens is 3. The molecule has 8 nitrogen and oxygen atoms in total. The Hall–Kier alpha value is -3.04. The fraction of sp³-hybridized carbons (Fsp3) is 0.286. The normalized spacial score (nSPS) is 10.7. The molecule has 0 aliphatic carbocycles. The van der Waals surface area contributed by atoms with Crippen LogP contribution < -0.4 is 10.1 Å². The molecule has 1 aromatic heterocycles. The topological polar surface area (TPSA) is 106 Å². The molecule has 0 aliphatic heterocycles. The number of halogens is 2. The van der Waals surface area contributed by atoms with Gasteiger partial charge in [-0.15, -0.1) is 5.10 Å². The van der Waals surface area contributed by atoms with Crippen molar-refractivity contribution in [2.45, 2.75) is 26.6 Å². The summed E-state index contributed by atoms with van der Waals surface area (Å²) in [5, 5.41) is 18.1. The Morgan fingerprint density at radius 1 is 1.42 bits per heavy atom. The van der Waals surface area contributed by atoms with E-state index in [1.807, 2.05) is 0 Å². The quantitative estimate of drug-likeness (QED) is 0.784. The highest BCUT2D eigenvalue weighted by Crippen LogP contribution is 2.21. The number of aromatic carboxylic acids is 1. The van der Waals surface area contributed by atoms with Gasteiger partial charge in [0, 0.05) is 12.1 Å². The maximum atomic E-state index is 12.4. The van der Waals surface area contributed by atoms with Crippen LogP contribution in [0, 0.1) is 6.92 Å². The second kappa shape index (κ2) is 7.49. The number of ether oxygens (including phenoxy) is 1. The molecule has 10 heteroatoms. The van der Waals surface area contributed by atoms with Crippen molar-refractivity contribution in [1.29, 1.82) is 0 Å². The van der Waals surface area contributed by atoms with Gasteiger partial charge < -0.3 is 15.2 Å². The van der Waals surface area contributed by atoms with Gasteiger partial charge in [0.15, 0.2) is 5.69 Å². The number of nitrogens with one attached hydrogen (secondary N) is 1. The van der Waals surface area contributed by atoms with E-state index >= 15 is 0 Å². The van der Waals surface area contributed by atoms with Gasteiger partial charge in [-0.2, -0.15) is 8.78 Å². The van der Waals surface area contributed by atoms with Gasteiger partial charge in [-0.25, -0.2) is 9.48 Å². The van der Waals surface area contributed by atoms with Crippen LogP contribution in [0.5, 0.6) is 5.75 Å². The number of benzene rings is 1. The summed E-state index contributed by atoms with van der Waals surface area (Å²) in [6.45, 7) is -1.47. The molecule has 2 rings (SSSR count). The zero-order valence-corrected chi connectivity index (χ0v) is 12.6. The summed E-state index contributed by atoms with van der Waals surface area (Å²) >= 11 is 0. The summed E-state index contributed by atoms with van der Waals surface area (Å²) in [6, 6.07) is 4.64. The minimum Gasteiger partial charge on any atom is -0.476 e. The number of nitrogens with zero attached hydrogens (tertiary/aromatic N) is 3. The van der Waals surface area contributed by atoms with Gasteiger partial charge in [0.05, 0.1) is 6.20 Å². The van der Waals surface area contributed by atoms with E-state index in [0.29, 0.717) is 5.56 Å². The average molecular weight is 340 g/mol. The van der Waals surface area contributed by atoms with E-state index in [9.17, 15) is 18.4 Å². The van der Waals surface area contributed by atoms with E-state index < -0.39 is 18.5 Å². The van der Waals surface area contributed by atoms with Crippen LogP contribution in [0.3, 0.4) is 0 Å². The molecular weight excluding hydrogens is 326 g/mol. The number of carboxylic acids is 1. The molecule has 128 valence electrons. The lowest BCUT2D eigenvalue weighted by molar-refractivity contribution is -0.122. The molecule has 0 aliphatic rings. The van der Waals surface area contributed by atoms with Gasteiger partial charge in [0.2, 0.25) is 5.91 Å². The standard InChI is InChI=1S/C14H14F2N4O4/c1-8-2-3-11(24-14(15)16)9(4-8)5-17-12(21)7-20-6-10(13(22)23)18-19-20/h2-4,6,14H,5,7H2,1H3,(H,17,21)(H,22,23). The van der Waals surface area contributed by atoms with E-state index in [0.717, 1.165) is 16.4 Å². The summed E-state index contributed by atoms with van der Waals surface area (Å²) < 4.78 is 30.2. The Morgan fingerprint density at radius 3 is 2.79 bits per heavy atom. The molecule has 0 unspecified atom stereocenters. The van der Waals surface area contributed by atoms with Crippen LogP contribution in [0.25, 0.3) is 0 Å². The number of carbonyl (C=O) groups is 2. The molecule has 0 saturated carbocycles. The van der Waals surface area contributed by atoms with Gasteiger partial charge in [-0.3, -0.25) is 4.79 Å². The zero-order valence-electron chi connectivity index (χ0n) is 12.6. The highest BCUT2D eigenvalue weighted by Gasteiger charge is 2.13. The molecule has 1 amide bonds. The van der Waals surface area contributed by atoms with Crippen molar-refractivity contribution < 1.29 is 28.2 Å². The van der Waals surface area contributed by atoms with Crippen molar-refractivity contribution in [2.24, 2.45) is 0 Å². The largest absolute Gasteiger partial charge is 0.476 e. The van der Waals surface area contributed by atoms with Gasteiger partial charge in [0.1, 0.15) is 12.3 Å². The first-order valence-electron chi connectivity index (χ1n) is 6.79. The third kappa shape index (κ3) is 4.73. The van der Waals surface area contributed by atoms with Crippen molar-refractivity contribution in [3.8, 4) is 5.75 Å². The lowest BCUT2D eigenvalue weighted by Gasteiger charge is -2.12. The Kier molecular flexibility index (Phi) is 5.40. The van der Waals surface area contributed by atoms with Gasteiger partial charge in [-0.1, -0.05) is 22.9 Å². The minimum absolute atomic E-state index is 0.0233. The molecule has 0 atom stereocenters. The predicted octanol–water partition coefficient (Wildman–Crippen LogP) is 1.20. The van der Waals surface area contributed by atoms with E-state index in [1.165, 1.54) is 6.07 Å². The summed E-state index contributed by atoms with van der Waals surface area (Å²) in [4.78, 5) is 22.5. The predicted molar refractivity (Wildman–Crippen MR) is 76.6 cm³/mol. The maximum absolute atomic E-state index is 12.4. The van der Waals surface area contributed by atoms with Crippen LogP contribution in [0.15, 0.2) is 24.4 Å². The minimum atomic E-state index is -2.97. The molecule has 0 fully saturated rings. The molecule has 0 radical (unpaired) electrons. The summed E-state index contributed by atoms with van der Waals surface area (Å²) in [5.74, 6) is -1.76. The summed E-state index contributed by atoms with van der Waals surface area (Å²) in [6.07, 6.45) is 1.11. The van der Waals surface area contributed by atoms with Crippen LogP contribution in [0.4, 0.5) is 8.78 Å². The van der Waals surface area contributed by atoms with Crippen LogP contribution in [-0.2, 0) is 17.9 Å². The van der Waals surface area contributed by atoms with Crippen molar-refractivity contribution >= 4 is 11.9 Å². The van der Waals surface area contributed by atoms with Crippen molar-refractivity contribution in [3.63, 3.8) is 0 Å². The Morgan fingerprint density at radius 2 is 2.17 bits per heavy atom. The number of hydrogen-bond acceptors (Lipinski definition) is 5. The second-order valence-corrected chi connectivity index (χ2v) is 4.87. The molecule has 1 heterocycles. The van der Waals surface area contributed by atoms with E-state index in [4.69, 9.17) is 5.11 Å². The van der Waals surface area contributed by atoms with E-state index in [1.54, 1.807) is 19.1 Å². The van der Waals surface area contributed by atoms with E-state index in [-0.39, 0.29) is 24.5 Å². The number of rotatable bonds is 7. The maximum Gasteiger partial charge on any atom is 0.387 e. The van der Waals surface area contributed by atoms with Crippen LogP contribution in [0.1, 0.15) is 21.6 Å². The average Bonchev–Trinajstić information content (AvgIpc) is 2.95. The fourth-order valence-corrected chi connectivity index (χ4v) is 1.93. The fourth-order valence-electron chi connectivity index (χ4n) is 1.93.